The molecule has 4 amide bonds. The van der Waals surface area contributed by atoms with Gasteiger partial charge in [-0.25, -0.2) is 9.59 Å². The van der Waals surface area contributed by atoms with E-state index in [1.165, 1.54) is 13.3 Å². The molecule has 4 rings (SSSR count). The number of para-hydroxylation sites is 1. The summed E-state index contributed by atoms with van der Waals surface area (Å²) in [5, 5.41) is 17.7. The van der Waals surface area contributed by atoms with Gasteiger partial charge < -0.3 is 35.6 Å². The monoisotopic (exact) mass is 546 g/mol. The Hall–Kier alpha value is -5.13. The number of rotatable bonds is 8. The maximum Gasteiger partial charge on any atom is 0.409 e. The molecule has 208 valence electrons. The third-order valence-electron chi connectivity index (χ3n) is 6.36. The van der Waals surface area contributed by atoms with E-state index in [-0.39, 0.29) is 12.0 Å². The van der Waals surface area contributed by atoms with Gasteiger partial charge in [0.25, 0.3) is 5.91 Å². The number of carboxylic acid groups (broad SMARTS) is 1. The highest BCUT2D eigenvalue weighted by atomic mass is 16.5. The van der Waals surface area contributed by atoms with Gasteiger partial charge in [-0.2, -0.15) is 0 Å². The first kappa shape index (κ1) is 27.9. The number of carboxylic acids is 1. The topological polar surface area (TPSA) is 153 Å². The van der Waals surface area contributed by atoms with E-state index >= 15 is 0 Å². The van der Waals surface area contributed by atoms with Gasteiger partial charge in [-0.15, -0.1) is 0 Å². The molecular weight excluding hydrogens is 516 g/mol. The molecule has 0 spiro atoms. The first-order valence-electron chi connectivity index (χ1n) is 12.6. The normalized spacial score (nSPS) is 13.6. The van der Waals surface area contributed by atoms with Crippen molar-refractivity contribution >= 4 is 41.1 Å². The minimum absolute atomic E-state index is 0.228. The Bertz CT molecular complexity index is 1350. The maximum absolute atomic E-state index is 13.3. The third kappa shape index (κ3) is 7.25. The van der Waals surface area contributed by atoms with Crippen molar-refractivity contribution < 1.29 is 29.0 Å². The van der Waals surface area contributed by atoms with Crippen LogP contribution in [0.15, 0.2) is 73.1 Å². The summed E-state index contributed by atoms with van der Waals surface area (Å²) in [6, 6.07) is 15.8. The van der Waals surface area contributed by atoms with Crippen LogP contribution in [0, 0.1) is 0 Å². The summed E-state index contributed by atoms with van der Waals surface area (Å²) in [5.41, 5.74) is 2.42. The van der Waals surface area contributed by atoms with E-state index in [1.807, 2.05) is 11.0 Å². The number of urea groups is 1. The number of nitrogens with zero attached hydrogens (tertiary/aromatic N) is 3. The van der Waals surface area contributed by atoms with Crippen molar-refractivity contribution in [3.05, 3.63) is 84.2 Å². The molecule has 3 aromatic rings. The van der Waals surface area contributed by atoms with Gasteiger partial charge >= 0.3 is 18.1 Å². The van der Waals surface area contributed by atoms with Crippen LogP contribution in [0.3, 0.4) is 0 Å². The predicted molar refractivity (Wildman–Crippen MR) is 148 cm³/mol. The lowest BCUT2D eigenvalue weighted by Crippen LogP contribution is -2.49. The fourth-order valence-corrected chi connectivity index (χ4v) is 4.37. The Morgan fingerprint density at radius 3 is 2.38 bits per heavy atom. The molecule has 1 aliphatic rings. The molecule has 12 heteroatoms. The maximum atomic E-state index is 13.3. The summed E-state index contributed by atoms with van der Waals surface area (Å²) in [6.07, 6.45) is 2.33. The molecule has 1 saturated heterocycles. The van der Waals surface area contributed by atoms with Gasteiger partial charge in [-0.05, 0) is 42.0 Å². The number of pyridine rings is 1. The molecule has 0 bridgehead atoms. The summed E-state index contributed by atoms with van der Waals surface area (Å²) in [5.74, 6) is -1.58. The van der Waals surface area contributed by atoms with Crippen LogP contribution in [0.1, 0.15) is 28.4 Å². The molecule has 1 aliphatic heterocycles. The number of carbonyl (C=O) groups excluding carboxylic acids is 3. The second-order valence-electron chi connectivity index (χ2n) is 9.03. The minimum atomic E-state index is -1.07. The zero-order valence-electron chi connectivity index (χ0n) is 21.9. The summed E-state index contributed by atoms with van der Waals surface area (Å²) >= 11 is 0. The number of ether oxygens (including phenoxy) is 1. The molecule has 0 saturated carbocycles. The fraction of sp³-hybridized carbons (Fsp3) is 0.250. The van der Waals surface area contributed by atoms with Gasteiger partial charge in [-0.3, -0.25) is 14.6 Å². The number of nitrogens with one attached hydrogen (secondary N) is 3. The molecular formula is C28H30N6O6. The Morgan fingerprint density at radius 1 is 0.975 bits per heavy atom. The Labute approximate surface area is 230 Å². The third-order valence-corrected chi connectivity index (χ3v) is 6.36. The van der Waals surface area contributed by atoms with Crippen LogP contribution in [-0.2, 0) is 9.53 Å². The average molecular weight is 547 g/mol. The number of anilines is 3. The standard InChI is InChI=1S/C28H30N6O6/c1-40-28(39)34-14-12-33(13-15-34)24-10-9-19(16-23(24)32-27(38)30-21-7-3-2-4-8-21)26(37)31-22(17-25(35)36)20-6-5-11-29-18-20/h2-11,16,18,22H,12-15,17H2,1H3,(H,31,37)(H,35,36)(H2,30,32,38). The van der Waals surface area contributed by atoms with E-state index in [4.69, 9.17) is 4.74 Å². The first-order valence-corrected chi connectivity index (χ1v) is 12.6. The summed E-state index contributed by atoms with van der Waals surface area (Å²) < 4.78 is 4.81. The highest BCUT2D eigenvalue weighted by Crippen LogP contribution is 2.29. The first-order chi connectivity index (χ1) is 19.3. The number of methoxy groups -OCH3 is 1. The van der Waals surface area contributed by atoms with Crippen LogP contribution in [0.25, 0.3) is 0 Å². The van der Waals surface area contributed by atoms with Crippen molar-refractivity contribution in [1.29, 1.82) is 0 Å². The molecule has 40 heavy (non-hydrogen) atoms. The van der Waals surface area contributed by atoms with Gasteiger partial charge in [0.2, 0.25) is 0 Å². The summed E-state index contributed by atoms with van der Waals surface area (Å²) in [7, 11) is 1.33. The van der Waals surface area contributed by atoms with Crippen LogP contribution in [0.2, 0.25) is 0 Å². The number of hydrogen-bond acceptors (Lipinski definition) is 7. The number of aliphatic carboxylic acids is 1. The van der Waals surface area contributed by atoms with E-state index in [2.05, 4.69) is 20.9 Å². The fourth-order valence-electron chi connectivity index (χ4n) is 4.37. The smallest absolute Gasteiger partial charge is 0.409 e. The van der Waals surface area contributed by atoms with E-state index in [9.17, 15) is 24.3 Å². The second kappa shape index (κ2) is 13.1. The zero-order valence-corrected chi connectivity index (χ0v) is 21.9. The Kier molecular flexibility index (Phi) is 9.13. The van der Waals surface area contributed by atoms with Crippen molar-refractivity contribution in [2.75, 3.05) is 48.8 Å². The molecule has 4 N–H and O–H groups in total. The van der Waals surface area contributed by atoms with Crippen molar-refractivity contribution in [2.45, 2.75) is 12.5 Å². The largest absolute Gasteiger partial charge is 0.481 e. The Morgan fingerprint density at radius 2 is 1.73 bits per heavy atom. The summed E-state index contributed by atoms with van der Waals surface area (Å²) in [6.45, 7) is 1.81. The van der Waals surface area contributed by atoms with Crippen molar-refractivity contribution in [3.63, 3.8) is 0 Å². The molecule has 12 nitrogen and oxygen atoms in total. The van der Waals surface area contributed by atoms with Crippen LogP contribution in [0.5, 0.6) is 0 Å². The molecule has 0 aliphatic carbocycles. The number of piperazine rings is 1. The number of amides is 4. The Balaban J connectivity index is 1.57. The van der Waals surface area contributed by atoms with Gasteiger partial charge in [0.05, 0.1) is 30.9 Å². The lowest BCUT2D eigenvalue weighted by molar-refractivity contribution is -0.137. The number of hydrogen-bond donors (Lipinski definition) is 4. The molecule has 0 radical (unpaired) electrons. The lowest BCUT2D eigenvalue weighted by Gasteiger charge is -2.36. The van der Waals surface area contributed by atoms with E-state index in [0.717, 1.165) is 0 Å². The van der Waals surface area contributed by atoms with Crippen LogP contribution < -0.4 is 20.9 Å². The quantitative estimate of drug-likeness (QED) is 0.335. The molecule has 2 heterocycles. The summed E-state index contributed by atoms with van der Waals surface area (Å²) in [4.78, 5) is 57.1. The minimum Gasteiger partial charge on any atom is -0.481 e. The molecule has 2 aromatic carbocycles. The molecule has 1 fully saturated rings. The highest BCUT2D eigenvalue weighted by molar-refractivity contribution is 6.04. The van der Waals surface area contributed by atoms with Gasteiger partial charge in [0.15, 0.2) is 0 Å². The van der Waals surface area contributed by atoms with Crippen molar-refractivity contribution in [2.24, 2.45) is 0 Å². The number of carbonyl (C=O) groups is 4. The number of benzene rings is 2. The molecule has 1 atom stereocenters. The molecule has 1 unspecified atom stereocenters. The van der Waals surface area contributed by atoms with E-state index in [0.29, 0.717) is 48.8 Å². The van der Waals surface area contributed by atoms with Gasteiger partial charge in [-0.1, -0.05) is 24.3 Å². The SMILES string of the molecule is COC(=O)N1CCN(c2ccc(C(=O)NC(CC(=O)O)c3cccnc3)cc2NC(=O)Nc2ccccc2)CC1. The van der Waals surface area contributed by atoms with Crippen molar-refractivity contribution in [3.8, 4) is 0 Å². The lowest BCUT2D eigenvalue weighted by atomic mass is 10.0. The van der Waals surface area contributed by atoms with E-state index in [1.54, 1.807) is 65.7 Å². The van der Waals surface area contributed by atoms with Gasteiger partial charge in [0, 0.05) is 49.8 Å². The predicted octanol–water partition coefficient (Wildman–Crippen LogP) is 3.56. The zero-order chi connectivity index (χ0) is 28.5. The molecule has 1 aromatic heterocycles. The van der Waals surface area contributed by atoms with Gasteiger partial charge in [0.1, 0.15) is 0 Å². The second-order valence-corrected chi connectivity index (χ2v) is 9.03. The highest BCUT2D eigenvalue weighted by Gasteiger charge is 2.25. The van der Waals surface area contributed by atoms with E-state index < -0.39 is 30.0 Å². The van der Waals surface area contributed by atoms with Crippen LogP contribution in [0.4, 0.5) is 26.7 Å². The van der Waals surface area contributed by atoms with Crippen LogP contribution in [-0.4, -0.2) is 72.3 Å². The van der Waals surface area contributed by atoms with Crippen LogP contribution >= 0.6 is 0 Å². The van der Waals surface area contributed by atoms with Crippen molar-refractivity contribution in [1.82, 2.24) is 15.2 Å². The number of aromatic nitrogens is 1. The average Bonchev–Trinajstić information content (AvgIpc) is 2.97.